The zero-order valence-corrected chi connectivity index (χ0v) is 44.3. The van der Waals surface area contributed by atoms with Crippen LogP contribution in [-0.4, -0.2) is 126 Å². The number of halogens is 3. The van der Waals surface area contributed by atoms with Crippen molar-refractivity contribution in [1.29, 1.82) is 5.41 Å². The minimum atomic E-state index is -2.53. The monoisotopic (exact) mass is 1150 g/mol. The number of hydrogen-bond donors (Lipinski definition) is 1. The van der Waals surface area contributed by atoms with Crippen molar-refractivity contribution in [3.8, 4) is 0 Å². The summed E-state index contributed by atoms with van der Waals surface area (Å²) in [5, 5.41) is 8.53. The fourth-order valence-corrected chi connectivity index (χ4v) is 8.36. The normalized spacial score (nSPS) is 21.1. The molecule has 0 saturated carbocycles. The van der Waals surface area contributed by atoms with Crippen molar-refractivity contribution in [2.45, 2.75) is 72.1 Å². The van der Waals surface area contributed by atoms with Gasteiger partial charge >= 0.3 is 41.8 Å². The molecule has 0 unspecified atom stereocenters. The minimum Gasteiger partial charge on any atom is -0.462 e. The van der Waals surface area contributed by atoms with Gasteiger partial charge in [-0.1, -0.05) is 144 Å². The first-order valence-corrected chi connectivity index (χ1v) is 25.6. The Kier molecular flexibility index (Phi) is 19.7. The Balaban J connectivity index is 1.23. The molecule has 0 bridgehead atoms. The highest BCUT2D eigenvalue weighted by Gasteiger charge is 2.58. The maximum atomic E-state index is 14.3. The SMILES string of the molecule is CC(=O)OC[C@@H](OC(=O)c1ccccc1)[C@@H]1O[C@@H](OC[C@@H](OC(=O)c2ccccc2)[C@@H]2O[C@@H](OC(=N)C(Cl)(Cl)Cl)[C@H](OC(=O)c3ccccc3)[C@H]2OC(=O)c2ccccc2)[C@H](OC(=O)c2ccccc2)[C@H]1OC(=O)c1ccccc1. The maximum Gasteiger partial charge on any atom is 0.338 e. The van der Waals surface area contributed by atoms with Crippen molar-refractivity contribution in [3.05, 3.63) is 215 Å². The molecular formula is C58H48Cl3NO18. The fourth-order valence-electron chi connectivity index (χ4n) is 8.23. The highest BCUT2D eigenvalue weighted by molar-refractivity contribution is 6.76. The van der Waals surface area contributed by atoms with Crippen LogP contribution in [-0.2, 0) is 56.9 Å². The first kappa shape index (κ1) is 58.0. The van der Waals surface area contributed by atoms with Crippen LogP contribution >= 0.6 is 34.8 Å². The zero-order chi connectivity index (χ0) is 56.8. The lowest BCUT2D eigenvalue weighted by atomic mass is 10.0. The molecule has 0 radical (unpaired) electrons. The number of carbonyl (C=O) groups excluding carboxylic acids is 7. The molecule has 2 heterocycles. The summed E-state index contributed by atoms with van der Waals surface area (Å²) in [6, 6.07) is 45.9. The van der Waals surface area contributed by atoms with Crippen molar-refractivity contribution >= 4 is 82.5 Å². The summed E-state index contributed by atoms with van der Waals surface area (Å²) in [5.41, 5.74) is 0.146. The quantitative estimate of drug-likeness (QED) is 0.0247. The van der Waals surface area contributed by atoms with Crippen LogP contribution in [0.25, 0.3) is 0 Å². The molecule has 6 aromatic rings. The van der Waals surface area contributed by atoms with Gasteiger partial charge in [0.2, 0.25) is 18.3 Å². The predicted molar refractivity (Wildman–Crippen MR) is 283 cm³/mol. The Morgan fingerprint density at radius 1 is 0.425 bits per heavy atom. The topological polar surface area (TPSA) is 245 Å². The Morgan fingerprint density at radius 2 is 0.713 bits per heavy atom. The summed E-state index contributed by atoms with van der Waals surface area (Å²) in [6.07, 6.45) is -18.1. The Bertz CT molecular complexity index is 3100. The predicted octanol–water partition coefficient (Wildman–Crippen LogP) is 8.73. The van der Waals surface area contributed by atoms with Crippen molar-refractivity contribution in [2.75, 3.05) is 13.2 Å². The summed E-state index contributed by atoms with van der Waals surface area (Å²) in [6.45, 7) is -0.477. The lowest BCUT2D eigenvalue weighted by Gasteiger charge is -2.30. The average Bonchev–Trinajstić information content (AvgIpc) is 4.02. The largest absolute Gasteiger partial charge is 0.462 e. The first-order chi connectivity index (χ1) is 38.5. The van der Waals surface area contributed by atoms with Crippen LogP contribution in [0.4, 0.5) is 0 Å². The van der Waals surface area contributed by atoms with Crippen molar-refractivity contribution < 1.29 is 85.7 Å². The van der Waals surface area contributed by atoms with Crippen LogP contribution in [0.5, 0.6) is 0 Å². The van der Waals surface area contributed by atoms with E-state index in [2.05, 4.69) is 0 Å². The fraction of sp³-hybridized carbons (Fsp3) is 0.241. The molecule has 2 aliphatic heterocycles. The van der Waals surface area contributed by atoms with E-state index in [-0.39, 0.29) is 33.4 Å². The van der Waals surface area contributed by atoms with Crippen LogP contribution in [0, 0.1) is 5.41 Å². The van der Waals surface area contributed by atoms with Crippen molar-refractivity contribution in [3.63, 3.8) is 0 Å². The van der Waals surface area contributed by atoms with Gasteiger partial charge in [-0.25, -0.2) is 28.8 Å². The van der Waals surface area contributed by atoms with Crippen molar-refractivity contribution in [1.82, 2.24) is 0 Å². The molecule has 22 heteroatoms. The van der Waals surface area contributed by atoms with E-state index in [1.54, 1.807) is 109 Å². The number of rotatable bonds is 20. The first-order valence-electron chi connectivity index (χ1n) is 24.5. The summed E-state index contributed by atoms with van der Waals surface area (Å²) in [7, 11) is 0. The van der Waals surface area contributed by atoms with Crippen LogP contribution in [0.3, 0.4) is 0 Å². The molecule has 414 valence electrons. The lowest BCUT2D eigenvalue weighted by Crippen LogP contribution is -2.48. The molecule has 80 heavy (non-hydrogen) atoms. The van der Waals surface area contributed by atoms with Gasteiger partial charge in [0.1, 0.15) is 18.8 Å². The number of carbonyl (C=O) groups is 7. The molecule has 0 aromatic heterocycles. The summed E-state index contributed by atoms with van der Waals surface area (Å²) in [4.78, 5) is 96.9. The smallest absolute Gasteiger partial charge is 0.338 e. The van der Waals surface area contributed by atoms with Crippen LogP contribution in [0.15, 0.2) is 182 Å². The Morgan fingerprint density at radius 3 is 1.04 bits per heavy atom. The van der Waals surface area contributed by atoms with Gasteiger partial charge in [0.05, 0.1) is 40.0 Å². The van der Waals surface area contributed by atoms with Crippen LogP contribution in [0.2, 0.25) is 0 Å². The Hall–Kier alpha value is -8.17. The van der Waals surface area contributed by atoms with Crippen molar-refractivity contribution in [2.24, 2.45) is 0 Å². The van der Waals surface area contributed by atoms with E-state index >= 15 is 0 Å². The molecule has 19 nitrogen and oxygen atoms in total. The van der Waals surface area contributed by atoms with Gasteiger partial charge < -0.3 is 52.1 Å². The zero-order valence-electron chi connectivity index (χ0n) is 42.0. The minimum absolute atomic E-state index is 0.000513. The molecule has 6 aromatic carbocycles. The molecular weight excluding hydrogens is 1100 g/mol. The average molecular weight is 1150 g/mol. The van der Waals surface area contributed by atoms with Crippen LogP contribution in [0.1, 0.15) is 69.1 Å². The molecule has 8 rings (SSSR count). The van der Waals surface area contributed by atoms with E-state index in [1.165, 1.54) is 72.8 Å². The molecule has 0 amide bonds. The van der Waals surface area contributed by atoms with Gasteiger partial charge in [-0.3, -0.25) is 10.2 Å². The number of nitrogens with one attached hydrogen (secondary N) is 1. The van der Waals surface area contributed by atoms with Gasteiger partial charge in [-0.15, -0.1) is 0 Å². The number of esters is 7. The molecule has 2 fully saturated rings. The number of benzene rings is 6. The Labute approximate surface area is 472 Å². The van der Waals surface area contributed by atoms with Crippen LogP contribution < -0.4 is 0 Å². The third-order valence-electron chi connectivity index (χ3n) is 12.1. The molecule has 0 spiro atoms. The van der Waals surface area contributed by atoms with Gasteiger partial charge in [-0.2, -0.15) is 0 Å². The third-order valence-corrected chi connectivity index (χ3v) is 12.6. The summed E-state index contributed by atoms with van der Waals surface area (Å²) >= 11 is 18.2. The van der Waals surface area contributed by atoms with Gasteiger partial charge in [0.25, 0.3) is 3.79 Å². The van der Waals surface area contributed by atoms with E-state index in [0.29, 0.717) is 0 Å². The molecule has 2 saturated heterocycles. The van der Waals surface area contributed by atoms with Gasteiger partial charge in [0, 0.05) is 6.92 Å². The molecule has 1 N–H and O–H groups in total. The standard InChI is InChI=1S/C58H48Cl3NO18/c1-34(63)70-32-41(72-49(64)35-20-8-2-9-21-35)43-45(74-51(66)37-24-12-4-13-25-37)47(76-53(68)39-28-16-6-17-29-39)55(78-43)71-33-42(73-50(65)36-22-10-3-11-23-36)44-46(75-52(67)38-26-14-5-15-27-38)48(56(79-44)80-57(62)58(59,60)61)77-54(69)40-30-18-7-19-31-40/h2-31,41-48,55-56,62H,32-33H2,1H3/t41-,42-,43+,44+,45+,46+,47-,48-,55-,56+/m1/s1. The highest BCUT2D eigenvalue weighted by atomic mass is 35.6. The van der Waals surface area contributed by atoms with E-state index in [4.69, 9.17) is 92.3 Å². The maximum absolute atomic E-state index is 14.3. The second kappa shape index (κ2) is 27.1. The highest BCUT2D eigenvalue weighted by Crippen LogP contribution is 2.38. The number of alkyl halides is 3. The van der Waals surface area contributed by atoms with E-state index in [0.717, 1.165) is 6.92 Å². The van der Waals surface area contributed by atoms with E-state index < -0.39 is 126 Å². The van der Waals surface area contributed by atoms with Gasteiger partial charge in [0.15, 0.2) is 36.8 Å². The summed E-state index contributed by atoms with van der Waals surface area (Å²) in [5.74, 6) is -7.71. The lowest BCUT2D eigenvalue weighted by molar-refractivity contribution is -0.207. The number of ether oxygens (including phenoxy) is 11. The van der Waals surface area contributed by atoms with E-state index in [9.17, 15) is 33.6 Å². The second-order valence-corrected chi connectivity index (χ2v) is 19.9. The second-order valence-electron chi connectivity index (χ2n) is 17.6. The molecule has 0 aliphatic carbocycles. The molecule has 2 aliphatic rings. The molecule has 10 atom stereocenters. The third kappa shape index (κ3) is 15.1. The summed E-state index contributed by atoms with van der Waals surface area (Å²) < 4.78 is 64.3. The number of hydrogen-bond acceptors (Lipinski definition) is 19. The van der Waals surface area contributed by atoms with E-state index in [1.807, 2.05) is 0 Å². The van der Waals surface area contributed by atoms with Gasteiger partial charge in [-0.05, 0) is 72.8 Å².